The number of methoxy groups -OCH3 is 1. The fourth-order valence-corrected chi connectivity index (χ4v) is 3.19. The van der Waals surface area contributed by atoms with E-state index in [1.54, 1.807) is 7.11 Å². The summed E-state index contributed by atoms with van der Waals surface area (Å²) in [6.07, 6.45) is 3.30. The summed E-state index contributed by atoms with van der Waals surface area (Å²) in [4.78, 5) is 0. The zero-order valence-corrected chi connectivity index (χ0v) is 12.4. The number of ether oxygens (including phenoxy) is 1. The number of benzene rings is 1. The van der Waals surface area contributed by atoms with Crippen LogP contribution in [0.25, 0.3) is 0 Å². The number of hydrogen-bond donors (Lipinski definition) is 1. The Bertz CT molecular complexity index is 601. The Labute approximate surface area is 120 Å². The van der Waals surface area contributed by atoms with Crippen LogP contribution in [0.15, 0.2) is 42.6 Å². The molecule has 0 bridgehead atoms. The third-order valence-corrected chi connectivity index (χ3v) is 4.22. The fourth-order valence-electron chi connectivity index (χ4n) is 3.19. The highest BCUT2D eigenvalue weighted by Gasteiger charge is 2.35. The maximum atomic E-state index is 5.41. The molecule has 2 aromatic rings. The monoisotopic (exact) mass is 270 g/mol. The van der Waals surface area contributed by atoms with E-state index in [0.29, 0.717) is 6.04 Å². The molecule has 2 heterocycles. The first-order valence-electron chi connectivity index (χ1n) is 7.15. The minimum Gasteiger partial charge on any atom is -0.496 e. The quantitative estimate of drug-likeness (QED) is 0.920. The molecule has 0 fully saturated rings. The van der Waals surface area contributed by atoms with Crippen molar-refractivity contribution in [3.63, 3.8) is 0 Å². The first-order chi connectivity index (χ1) is 9.62. The van der Waals surface area contributed by atoms with E-state index in [0.717, 1.165) is 18.7 Å². The van der Waals surface area contributed by atoms with Crippen LogP contribution < -0.4 is 10.1 Å². The molecule has 0 radical (unpaired) electrons. The maximum Gasteiger partial charge on any atom is 0.123 e. The normalized spacial score (nSPS) is 19.9. The second kappa shape index (κ2) is 4.98. The van der Waals surface area contributed by atoms with Gasteiger partial charge in [-0.2, -0.15) is 0 Å². The Balaban J connectivity index is 1.75. The first kappa shape index (κ1) is 13.3. The molecule has 0 saturated heterocycles. The Morgan fingerprint density at radius 3 is 2.85 bits per heavy atom. The predicted octanol–water partition coefficient (Wildman–Crippen LogP) is 3.47. The summed E-state index contributed by atoms with van der Waals surface area (Å²) in [5, 5.41) is 3.67. The minimum atomic E-state index is 0.192. The van der Waals surface area contributed by atoms with Crippen molar-refractivity contribution >= 4 is 0 Å². The van der Waals surface area contributed by atoms with Crippen LogP contribution in [0.5, 0.6) is 5.75 Å². The van der Waals surface area contributed by atoms with Gasteiger partial charge in [0.1, 0.15) is 5.75 Å². The van der Waals surface area contributed by atoms with Crippen LogP contribution in [-0.4, -0.2) is 11.7 Å². The molecule has 0 aliphatic carbocycles. The van der Waals surface area contributed by atoms with E-state index < -0.39 is 0 Å². The maximum absolute atomic E-state index is 5.41. The van der Waals surface area contributed by atoms with Crippen molar-refractivity contribution < 1.29 is 4.74 Å². The molecule has 1 N–H and O–H groups in total. The zero-order valence-electron chi connectivity index (χ0n) is 12.4. The number of nitrogens with zero attached hydrogens (tertiary/aromatic N) is 1. The molecule has 3 nitrogen and oxygen atoms in total. The molecule has 3 rings (SSSR count). The number of para-hydroxylation sites is 1. The third-order valence-electron chi connectivity index (χ3n) is 4.22. The lowest BCUT2D eigenvalue weighted by Gasteiger charge is -2.21. The summed E-state index contributed by atoms with van der Waals surface area (Å²) in [5.74, 6) is 0.952. The molecule has 0 amide bonds. The van der Waals surface area contributed by atoms with Gasteiger partial charge in [0.25, 0.3) is 0 Å². The molecule has 3 heteroatoms. The number of rotatable bonds is 4. The van der Waals surface area contributed by atoms with Crippen molar-refractivity contribution in [1.29, 1.82) is 0 Å². The molecule has 20 heavy (non-hydrogen) atoms. The van der Waals surface area contributed by atoms with Crippen LogP contribution in [0.4, 0.5) is 0 Å². The lowest BCUT2D eigenvalue weighted by Crippen LogP contribution is -2.23. The smallest absolute Gasteiger partial charge is 0.123 e. The molecular formula is C17H22N2O. The van der Waals surface area contributed by atoms with Gasteiger partial charge in [0, 0.05) is 35.6 Å². The van der Waals surface area contributed by atoms with Crippen LogP contribution in [-0.2, 0) is 12.1 Å². The highest BCUT2D eigenvalue weighted by atomic mass is 16.5. The number of hydrogen-bond acceptors (Lipinski definition) is 2. The van der Waals surface area contributed by atoms with Crippen LogP contribution in [0, 0.1) is 0 Å². The van der Waals surface area contributed by atoms with Gasteiger partial charge in [-0.25, -0.2) is 0 Å². The van der Waals surface area contributed by atoms with Gasteiger partial charge in [-0.15, -0.1) is 0 Å². The summed E-state index contributed by atoms with van der Waals surface area (Å²) in [6.45, 7) is 5.42. The average Bonchev–Trinajstić information content (AvgIpc) is 3.01. The van der Waals surface area contributed by atoms with Crippen molar-refractivity contribution in [3.05, 3.63) is 53.9 Å². The van der Waals surface area contributed by atoms with E-state index in [9.17, 15) is 0 Å². The second-order valence-electron chi connectivity index (χ2n) is 6.06. The van der Waals surface area contributed by atoms with Gasteiger partial charge in [-0.05, 0) is 38.5 Å². The van der Waals surface area contributed by atoms with Gasteiger partial charge >= 0.3 is 0 Å². The van der Waals surface area contributed by atoms with E-state index >= 15 is 0 Å². The van der Waals surface area contributed by atoms with E-state index in [-0.39, 0.29) is 5.54 Å². The molecule has 1 unspecified atom stereocenters. The van der Waals surface area contributed by atoms with Crippen molar-refractivity contribution in [3.8, 4) is 5.75 Å². The van der Waals surface area contributed by atoms with Crippen LogP contribution >= 0.6 is 0 Å². The summed E-state index contributed by atoms with van der Waals surface area (Å²) in [6, 6.07) is 12.9. The minimum absolute atomic E-state index is 0.192. The van der Waals surface area contributed by atoms with Crippen molar-refractivity contribution in [2.24, 2.45) is 0 Å². The van der Waals surface area contributed by atoms with Crippen molar-refractivity contribution in [2.45, 2.75) is 38.4 Å². The molecule has 1 aromatic heterocycles. The molecule has 0 saturated carbocycles. The summed E-state index contributed by atoms with van der Waals surface area (Å²) in [7, 11) is 1.72. The van der Waals surface area contributed by atoms with Crippen molar-refractivity contribution in [2.75, 3.05) is 7.11 Å². The van der Waals surface area contributed by atoms with Crippen LogP contribution in [0.1, 0.15) is 37.6 Å². The molecule has 1 atom stereocenters. The van der Waals surface area contributed by atoms with E-state index in [1.165, 1.54) is 11.3 Å². The summed E-state index contributed by atoms with van der Waals surface area (Å²) in [5.41, 5.74) is 2.78. The van der Waals surface area contributed by atoms with E-state index in [2.05, 4.69) is 54.2 Å². The molecule has 1 aliphatic heterocycles. The van der Waals surface area contributed by atoms with Crippen LogP contribution in [0.3, 0.4) is 0 Å². The third kappa shape index (κ3) is 2.22. The fraction of sp³-hybridized carbons (Fsp3) is 0.412. The molecule has 1 aliphatic rings. The second-order valence-corrected chi connectivity index (χ2v) is 6.06. The van der Waals surface area contributed by atoms with E-state index in [1.807, 2.05) is 12.1 Å². The molecule has 1 aromatic carbocycles. The number of aromatic nitrogens is 1. The van der Waals surface area contributed by atoms with Gasteiger partial charge in [0.15, 0.2) is 0 Å². The Kier molecular flexibility index (Phi) is 3.30. The zero-order chi connectivity index (χ0) is 14.2. The largest absolute Gasteiger partial charge is 0.496 e. The van der Waals surface area contributed by atoms with Gasteiger partial charge in [-0.3, -0.25) is 0 Å². The van der Waals surface area contributed by atoms with Gasteiger partial charge in [-0.1, -0.05) is 18.2 Å². The number of nitrogens with one attached hydrogen (secondary N) is 1. The Morgan fingerprint density at radius 1 is 1.25 bits per heavy atom. The standard InChI is InChI=1S/C17H22N2O/c1-17(2)11-14(15-8-6-10-19(15)17)18-12-13-7-4-5-9-16(13)20-3/h4-10,14,18H,11-12H2,1-3H3. The molecule has 0 spiro atoms. The average molecular weight is 270 g/mol. The predicted molar refractivity (Wildman–Crippen MR) is 80.9 cm³/mol. The molecule has 106 valence electrons. The van der Waals surface area contributed by atoms with Crippen LogP contribution in [0.2, 0.25) is 0 Å². The highest BCUT2D eigenvalue weighted by molar-refractivity contribution is 5.33. The topological polar surface area (TPSA) is 26.2 Å². The van der Waals surface area contributed by atoms with Gasteiger partial charge in [0.2, 0.25) is 0 Å². The lowest BCUT2D eigenvalue weighted by molar-refractivity contribution is 0.346. The molecular weight excluding hydrogens is 248 g/mol. The highest BCUT2D eigenvalue weighted by Crippen LogP contribution is 2.39. The lowest BCUT2D eigenvalue weighted by atomic mass is 9.99. The Morgan fingerprint density at radius 2 is 2.05 bits per heavy atom. The Hall–Kier alpha value is -1.74. The SMILES string of the molecule is COc1ccccc1CNC1CC(C)(C)n2cccc21. The summed E-state index contributed by atoms with van der Waals surface area (Å²) < 4.78 is 7.79. The van der Waals surface area contributed by atoms with Crippen molar-refractivity contribution in [1.82, 2.24) is 9.88 Å². The summed E-state index contributed by atoms with van der Waals surface area (Å²) >= 11 is 0. The van der Waals surface area contributed by atoms with Gasteiger partial charge < -0.3 is 14.6 Å². The first-order valence-corrected chi connectivity index (χ1v) is 7.15. The number of fused-ring (bicyclic) bond motifs is 1. The van der Waals surface area contributed by atoms with E-state index in [4.69, 9.17) is 4.74 Å². The van der Waals surface area contributed by atoms with Gasteiger partial charge in [0.05, 0.1) is 7.11 Å².